The SMILES string of the molecule is CC1(C)C(=O)N(c2ccc(Br)cc2)C1(C#N)Cc1ccc(F)cc1. The third-order valence-corrected chi connectivity index (χ3v) is 5.33. The Morgan fingerprint density at radius 2 is 1.71 bits per heavy atom. The van der Waals surface area contributed by atoms with Gasteiger partial charge in [-0.2, -0.15) is 5.26 Å². The monoisotopic (exact) mass is 386 g/mol. The molecule has 1 unspecified atom stereocenters. The number of amides is 1. The molecule has 0 N–H and O–H groups in total. The second-order valence-electron chi connectivity index (χ2n) is 6.52. The van der Waals surface area contributed by atoms with Gasteiger partial charge in [-0.05, 0) is 55.8 Å². The Labute approximate surface area is 148 Å². The zero-order valence-electron chi connectivity index (χ0n) is 13.4. The Balaban J connectivity index is 2.04. The number of hydrogen-bond donors (Lipinski definition) is 0. The quantitative estimate of drug-likeness (QED) is 0.730. The Morgan fingerprint density at radius 3 is 2.25 bits per heavy atom. The van der Waals surface area contributed by atoms with E-state index in [0.717, 1.165) is 10.0 Å². The Morgan fingerprint density at radius 1 is 1.12 bits per heavy atom. The minimum absolute atomic E-state index is 0.0894. The van der Waals surface area contributed by atoms with Gasteiger partial charge in [0.05, 0.1) is 11.5 Å². The van der Waals surface area contributed by atoms with E-state index in [9.17, 15) is 14.4 Å². The van der Waals surface area contributed by atoms with Gasteiger partial charge in [0.25, 0.3) is 0 Å². The maximum absolute atomic E-state index is 13.2. The van der Waals surface area contributed by atoms with Crippen LogP contribution < -0.4 is 4.90 Å². The molecule has 0 radical (unpaired) electrons. The van der Waals surface area contributed by atoms with E-state index >= 15 is 0 Å². The molecule has 1 aliphatic heterocycles. The van der Waals surface area contributed by atoms with Gasteiger partial charge in [0.2, 0.25) is 5.91 Å². The summed E-state index contributed by atoms with van der Waals surface area (Å²) < 4.78 is 14.1. The summed E-state index contributed by atoms with van der Waals surface area (Å²) in [5.74, 6) is -0.410. The van der Waals surface area contributed by atoms with Gasteiger partial charge in [0, 0.05) is 16.6 Å². The third kappa shape index (κ3) is 2.33. The zero-order chi connectivity index (χ0) is 17.5. The van der Waals surface area contributed by atoms with Crippen LogP contribution in [-0.2, 0) is 11.2 Å². The Bertz CT molecular complexity index is 824. The molecule has 1 fully saturated rings. The standard InChI is InChI=1S/C19H16BrFN2O/c1-18(2)17(24)23(16-9-5-14(20)6-10-16)19(18,12-22)11-13-3-7-15(21)8-4-13/h3-10H,11H2,1-2H3. The number of halogens is 2. The Kier molecular flexibility index (Phi) is 3.97. The van der Waals surface area contributed by atoms with Crippen LogP contribution in [0.15, 0.2) is 53.0 Å². The van der Waals surface area contributed by atoms with Gasteiger partial charge in [-0.25, -0.2) is 4.39 Å². The molecule has 0 aliphatic carbocycles. The van der Waals surface area contributed by atoms with Crippen molar-refractivity contribution < 1.29 is 9.18 Å². The lowest BCUT2D eigenvalue weighted by atomic mass is 9.60. The molecule has 0 spiro atoms. The van der Waals surface area contributed by atoms with E-state index in [2.05, 4.69) is 22.0 Å². The van der Waals surface area contributed by atoms with Gasteiger partial charge in [-0.1, -0.05) is 28.1 Å². The van der Waals surface area contributed by atoms with Crippen molar-refractivity contribution in [2.45, 2.75) is 25.8 Å². The highest BCUT2D eigenvalue weighted by Crippen LogP contribution is 2.52. The molecule has 0 saturated carbocycles. The number of rotatable bonds is 3. The second kappa shape index (κ2) is 5.71. The number of benzene rings is 2. The van der Waals surface area contributed by atoms with Gasteiger partial charge >= 0.3 is 0 Å². The van der Waals surface area contributed by atoms with Crippen molar-refractivity contribution in [1.29, 1.82) is 5.26 Å². The summed E-state index contributed by atoms with van der Waals surface area (Å²) in [5.41, 5.74) is -0.314. The number of carbonyl (C=O) groups is 1. The lowest BCUT2D eigenvalue weighted by molar-refractivity contribution is -0.140. The first-order valence-electron chi connectivity index (χ1n) is 7.58. The van der Waals surface area contributed by atoms with Gasteiger partial charge in [-0.3, -0.25) is 9.69 Å². The van der Waals surface area contributed by atoms with Crippen LogP contribution in [0.2, 0.25) is 0 Å². The molecule has 1 atom stereocenters. The van der Waals surface area contributed by atoms with Crippen LogP contribution in [0.25, 0.3) is 0 Å². The van der Waals surface area contributed by atoms with Crippen molar-refractivity contribution in [2.75, 3.05) is 4.90 Å². The van der Waals surface area contributed by atoms with Crippen molar-refractivity contribution in [3.8, 4) is 6.07 Å². The molecule has 1 saturated heterocycles. The van der Waals surface area contributed by atoms with E-state index in [1.807, 2.05) is 24.3 Å². The highest BCUT2D eigenvalue weighted by Gasteiger charge is 2.67. The van der Waals surface area contributed by atoms with Crippen LogP contribution in [-0.4, -0.2) is 11.4 Å². The summed E-state index contributed by atoms with van der Waals surface area (Å²) in [4.78, 5) is 14.2. The summed E-state index contributed by atoms with van der Waals surface area (Å²) in [7, 11) is 0. The van der Waals surface area contributed by atoms with Crippen LogP contribution >= 0.6 is 15.9 Å². The maximum atomic E-state index is 13.2. The van der Waals surface area contributed by atoms with E-state index in [0.29, 0.717) is 12.1 Å². The Hall–Kier alpha value is -2.19. The molecule has 0 aromatic heterocycles. The lowest BCUT2D eigenvalue weighted by Gasteiger charge is -2.58. The van der Waals surface area contributed by atoms with Gasteiger partial charge < -0.3 is 0 Å². The molecule has 122 valence electrons. The van der Waals surface area contributed by atoms with E-state index in [4.69, 9.17) is 0 Å². The normalized spacial score (nSPS) is 22.0. The summed E-state index contributed by atoms with van der Waals surface area (Å²) in [6, 6.07) is 15.7. The van der Waals surface area contributed by atoms with Crippen molar-refractivity contribution in [3.63, 3.8) is 0 Å². The molecule has 1 heterocycles. The molecule has 24 heavy (non-hydrogen) atoms. The van der Waals surface area contributed by atoms with Crippen molar-refractivity contribution in [3.05, 3.63) is 64.4 Å². The molecule has 3 nitrogen and oxygen atoms in total. The topological polar surface area (TPSA) is 44.1 Å². The van der Waals surface area contributed by atoms with Gasteiger partial charge in [0.15, 0.2) is 5.54 Å². The minimum atomic E-state index is -1.00. The van der Waals surface area contributed by atoms with Crippen LogP contribution in [0, 0.1) is 22.6 Å². The summed E-state index contributed by atoms with van der Waals surface area (Å²) in [6.07, 6.45) is 0.346. The van der Waals surface area contributed by atoms with Crippen molar-refractivity contribution in [2.24, 2.45) is 5.41 Å². The number of nitrogens with zero attached hydrogens (tertiary/aromatic N) is 2. The predicted octanol–water partition coefficient (Wildman–Crippen LogP) is 4.47. The van der Waals surface area contributed by atoms with Crippen LogP contribution in [0.3, 0.4) is 0 Å². The number of anilines is 1. The maximum Gasteiger partial charge on any atom is 0.237 e. The smallest absolute Gasteiger partial charge is 0.237 e. The molecule has 2 aromatic rings. The average Bonchev–Trinajstić information content (AvgIpc) is 2.57. The van der Waals surface area contributed by atoms with Crippen molar-refractivity contribution >= 4 is 27.5 Å². The first kappa shape index (κ1) is 16.7. The predicted molar refractivity (Wildman–Crippen MR) is 93.9 cm³/mol. The highest BCUT2D eigenvalue weighted by molar-refractivity contribution is 9.10. The van der Waals surface area contributed by atoms with E-state index in [1.165, 1.54) is 12.1 Å². The second-order valence-corrected chi connectivity index (χ2v) is 7.43. The van der Waals surface area contributed by atoms with Gasteiger partial charge in [-0.15, -0.1) is 0 Å². The van der Waals surface area contributed by atoms with E-state index in [1.54, 1.807) is 30.9 Å². The minimum Gasteiger partial charge on any atom is -0.291 e. The molecule has 1 amide bonds. The summed E-state index contributed by atoms with van der Waals surface area (Å²) in [5, 5.41) is 9.96. The lowest BCUT2D eigenvalue weighted by Crippen LogP contribution is -2.76. The molecule has 1 aliphatic rings. The van der Waals surface area contributed by atoms with Crippen molar-refractivity contribution in [1.82, 2.24) is 0 Å². The summed E-state index contributed by atoms with van der Waals surface area (Å²) >= 11 is 3.37. The number of nitriles is 1. The van der Waals surface area contributed by atoms with E-state index in [-0.39, 0.29) is 11.7 Å². The van der Waals surface area contributed by atoms with Crippen LogP contribution in [0.5, 0.6) is 0 Å². The first-order valence-corrected chi connectivity index (χ1v) is 8.37. The fourth-order valence-electron chi connectivity index (χ4n) is 3.21. The zero-order valence-corrected chi connectivity index (χ0v) is 15.0. The fraction of sp³-hybridized carbons (Fsp3) is 0.263. The summed E-state index contributed by atoms with van der Waals surface area (Å²) in [6.45, 7) is 3.58. The average molecular weight is 387 g/mol. The molecule has 2 aromatic carbocycles. The molecular formula is C19H16BrFN2O. The molecular weight excluding hydrogens is 371 g/mol. The number of β-lactam (4-membered cyclic amide) rings is 1. The third-order valence-electron chi connectivity index (χ3n) is 4.80. The number of carbonyl (C=O) groups excluding carboxylic acids is 1. The molecule has 0 bridgehead atoms. The number of hydrogen-bond acceptors (Lipinski definition) is 2. The fourth-order valence-corrected chi connectivity index (χ4v) is 3.48. The van der Waals surface area contributed by atoms with Crippen LogP contribution in [0.4, 0.5) is 10.1 Å². The molecule has 5 heteroatoms. The molecule has 3 rings (SSSR count). The van der Waals surface area contributed by atoms with Gasteiger partial charge in [0.1, 0.15) is 5.82 Å². The van der Waals surface area contributed by atoms with E-state index < -0.39 is 11.0 Å². The largest absolute Gasteiger partial charge is 0.291 e. The van der Waals surface area contributed by atoms with Crippen LogP contribution in [0.1, 0.15) is 19.4 Å². The highest BCUT2D eigenvalue weighted by atomic mass is 79.9. The first-order chi connectivity index (χ1) is 11.3.